The van der Waals surface area contributed by atoms with Gasteiger partial charge in [0.05, 0.1) is 6.61 Å². The number of nitrogens with one attached hydrogen (secondary N) is 1. The van der Waals surface area contributed by atoms with Crippen LogP contribution in [0.5, 0.6) is 0 Å². The van der Waals surface area contributed by atoms with Crippen LogP contribution in [0.1, 0.15) is 38.2 Å². The molecular weight excluding hydrogens is 234 g/mol. The van der Waals surface area contributed by atoms with Gasteiger partial charge in [-0.1, -0.05) is 50.1 Å². The summed E-state index contributed by atoms with van der Waals surface area (Å²) in [6, 6.07) is 11.0. The Morgan fingerprint density at radius 3 is 2.63 bits per heavy atom. The summed E-state index contributed by atoms with van der Waals surface area (Å²) < 4.78 is 5.11. The Labute approximate surface area is 117 Å². The highest BCUT2D eigenvalue weighted by Gasteiger charge is 2.44. The van der Waals surface area contributed by atoms with Gasteiger partial charge in [-0.05, 0) is 24.3 Å². The van der Waals surface area contributed by atoms with Gasteiger partial charge in [0.15, 0.2) is 0 Å². The minimum Gasteiger partial charge on any atom is -0.383 e. The highest BCUT2D eigenvalue weighted by atomic mass is 16.5. The lowest BCUT2D eigenvalue weighted by molar-refractivity contribution is 0.123. The standard InChI is InChI=1S/C17H27NO/c1-3-7-15-12-17(13-15,14-18-10-11-19-2)16-8-5-4-6-9-16/h4-6,8-9,15,18H,3,7,10-14H2,1-2H3. The van der Waals surface area contributed by atoms with Gasteiger partial charge in [0, 0.05) is 25.6 Å². The molecule has 0 heterocycles. The zero-order chi connectivity index (χ0) is 13.6. The molecule has 0 aliphatic heterocycles. The van der Waals surface area contributed by atoms with Crippen LogP contribution in [0.2, 0.25) is 0 Å². The minimum absolute atomic E-state index is 0.370. The first-order valence-corrected chi connectivity index (χ1v) is 7.56. The molecule has 0 unspecified atom stereocenters. The van der Waals surface area contributed by atoms with E-state index in [4.69, 9.17) is 4.74 Å². The van der Waals surface area contributed by atoms with Crippen LogP contribution < -0.4 is 5.32 Å². The Morgan fingerprint density at radius 1 is 1.26 bits per heavy atom. The number of hydrogen-bond acceptors (Lipinski definition) is 2. The Kier molecular flexibility index (Phi) is 5.41. The van der Waals surface area contributed by atoms with E-state index in [1.54, 1.807) is 7.11 Å². The lowest BCUT2D eigenvalue weighted by atomic mass is 9.57. The van der Waals surface area contributed by atoms with Crippen molar-refractivity contribution in [2.24, 2.45) is 5.92 Å². The van der Waals surface area contributed by atoms with Gasteiger partial charge in [-0.15, -0.1) is 0 Å². The lowest BCUT2D eigenvalue weighted by Crippen LogP contribution is -2.49. The molecule has 0 amide bonds. The van der Waals surface area contributed by atoms with E-state index in [9.17, 15) is 0 Å². The van der Waals surface area contributed by atoms with Crippen molar-refractivity contribution in [3.8, 4) is 0 Å². The number of ether oxygens (including phenoxy) is 1. The Morgan fingerprint density at radius 2 is 2.00 bits per heavy atom. The second-order valence-electron chi connectivity index (χ2n) is 5.88. The number of hydrogen-bond donors (Lipinski definition) is 1. The van der Waals surface area contributed by atoms with Crippen LogP contribution >= 0.6 is 0 Å². The zero-order valence-corrected chi connectivity index (χ0v) is 12.3. The number of methoxy groups -OCH3 is 1. The van der Waals surface area contributed by atoms with Gasteiger partial charge in [-0.2, -0.15) is 0 Å². The molecule has 19 heavy (non-hydrogen) atoms. The molecule has 0 atom stereocenters. The van der Waals surface area contributed by atoms with Crippen molar-refractivity contribution in [3.05, 3.63) is 35.9 Å². The zero-order valence-electron chi connectivity index (χ0n) is 12.3. The molecule has 0 saturated heterocycles. The highest BCUT2D eigenvalue weighted by Crippen LogP contribution is 2.49. The van der Waals surface area contributed by atoms with Crippen molar-refractivity contribution in [1.82, 2.24) is 5.32 Å². The third kappa shape index (κ3) is 3.58. The molecule has 1 aliphatic carbocycles. The molecule has 0 aromatic heterocycles. The molecule has 1 aromatic rings. The van der Waals surface area contributed by atoms with Gasteiger partial charge in [0.2, 0.25) is 0 Å². The minimum atomic E-state index is 0.370. The Hall–Kier alpha value is -0.860. The van der Waals surface area contributed by atoms with E-state index in [0.717, 1.165) is 25.6 Å². The van der Waals surface area contributed by atoms with Crippen molar-refractivity contribution in [3.63, 3.8) is 0 Å². The quantitative estimate of drug-likeness (QED) is 0.724. The van der Waals surface area contributed by atoms with E-state index in [2.05, 4.69) is 42.6 Å². The van der Waals surface area contributed by atoms with Crippen LogP contribution in [-0.2, 0) is 10.2 Å². The third-order valence-corrected chi connectivity index (χ3v) is 4.39. The molecule has 0 radical (unpaired) electrons. The summed E-state index contributed by atoms with van der Waals surface area (Å²) in [6.07, 6.45) is 5.37. The molecule has 1 fully saturated rings. The Bertz CT molecular complexity index is 357. The molecule has 1 aliphatic rings. The van der Waals surface area contributed by atoms with Gasteiger partial charge >= 0.3 is 0 Å². The second-order valence-corrected chi connectivity index (χ2v) is 5.88. The van der Waals surface area contributed by atoms with E-state index in [0.29, 0.717) is 5.41 Å². The summed E-state index contributed by atoms with van der Waals surface area (Å²) in [5, 5.41) is 3.57. The molecule has 1 aromatic carbocycles. The maximum atomic E-state index is 5.11. The summed E-state index contributed by atoms with van der Waals surface area (Å²) in [5.74, 6) is 0.925. The molecule has 106 valence electrons. The van der Waals surface area contributed by atoms with Crippen molar-refractivity contribution < 1.29 is 4.74 Å². The van der Waals surface area contributed by atoms with E-state index in [-0.39, 0.29) is 0 Å². The molecule has 2 heteroatoms. The summed E-state index contributed by atoms with van der Waals surface area (Å²) in [6.45, 7) is 5.12. The first kappa shape index (κ1) is 14.5. The van der Waals surface area contributed by atoms with Crippen LogP contribution in [0.15, 0.2) is 30.3 Å². The molecule has 0 bridgehead atoms. The second kappa shape index (κ2) is 7.06. The summed E-state index contributed by atoms with van der Waals surface area (Å²) in [5.41, 5.74) is 1.88. The first-order chi connectivity index (χ1) is 9.30. The van der Waals surface area contributed by atoms with Gasteiger partial charge in [0.1, 0.15) is 0 Å². The van der Waals surface area contributed by atoms with Crippen molar-refractivity contribution >= 4 is 0 Å². The molecule has 1 N–H and O–H groups in total. The van der Waals surface area contributed by atoms with E-state index >= 15 is 0 Å². The third-order valence-electron chi connectivity index (χ3n) is 4.39. The molecular formula is C17H27NO. The van der Waals surface area contributed by atoms with Crippen LogP contribution in [0.3, 0.4) is 0 Å². The SMILES string of the molecule is CCCC1CC(CNCCOC)(c2ccccc2)C1. The average Bonchev–Trinajstić information content (AvgIpc) is 2.41. The molecule has 0 spiro atoms. The predicted molar refractivity (Wildman–Crippen MR) is 80.5 cm³/mol. The smallest absolute Gasteiger partial charge is 0.0587 e. The fraction of sp³-hybridized carbons (Fsp3) is 0.647. The van der Waals surface area contributed by atoms with Crippen LogP contribution in [0.4, 0.5) is 0 Å². The number of rotatable bonds is 8. The van der Waals surface area contributed by atoms with E-state index < -0.39 is 0 Å². The first-order valence-electron chi connectivity index (χ1n) is 7.56. The monoisotopic (exact) mass is 261 g/mol. The largest absolute Gasteiger partial charge is 0.383 e. The normalized spacial score (nSPS) is 26.1. The molecule has 1 saturated carbocycles. The van der Waals surface area contributed by atoms with E-state index in [1.807, 2.05) is 0 Å². The summed E-state index contributed by atoms with van der Waals surface area (Å²) >= 11 is 0. The highest BCUT2D eigenvalue weighted by molar-refractivity contribution is 5.29. The maximum Gasteiger partial charge on any atom is 0.0587 e. The molecule has 2 rings (SSSR count). The van der Waals surface area contributed by atoms with Gasteiger partial charge in [-0.25, -0.2) is 0 Å². The topological polar surface area (TPSA) is 21.3 Å². The average molecular weight is 261 g/mol. The summed E-state index contributed by atoms with van der Waals surface area (Å²) in [7, 11) is 1.76. The van der Waals surface area contributed by atoms with E-state index in [1.165, 1.54) is 31.2 Å². The van der Waals surface area contributed by atoms with Gasteiger partial charge in [-0.3, -0.25) is 0 Å². The van der Waals surface area contributed by atoms with Crippen molar-refractivity contribution in [2.75, 3.05) is 26.8 Å². The maximum absolute atomic E-state index is 5.11. The predicted octanol–water partition coefficient (Wildman–Crippen LogP) is 3.37. The van der Waals surface area contributed by atoms with Gasteiger partial charge < -0.3 is 10.1 Å². The van der Waals surface area contributed by atoms with Crippen molar-refractivity contribution in [1.29, 1.82) is 0 Å². The Balaban J connectivity index is 1.95. The summed E-state index contributed by atoms with van der Waals surface area (Å²) in [4.78, 5) is 0. The van der Waals surface area contributed by atoms with Crippen LogP contribution in [0, 0.1) is 5.92 Å². The van der Waals surface area contributed by atoms with Gasteiger partial charge in [0.25, 0.3) is 0 Å². The number of benzene rings is 1. The van der Waals surface area contributed by atoms with Crippen LogP contribution in [-0.4, -0.2) is 26.8 Å². The fourth-order valence-corrected chi connectivity index (χ4v) is 3.43. The van der Waals surface area contributed by atoms with Crippen molar-refractivity contribution in [2.45, 2.75) is 38.0 Å². The fourth-order valence-electron chi connectivity index (χ4n) is 3.43. The lowest BCUT2D eigenvalue weighted by Gasteiger charge is -2.49. The molecule has 2 nitrogen and oxygen atoms in total. The van der Waals surface area contributed by atoms with Crippen LogP contribution in [0.25, 0.3) is 0 Å².